The molecule has 0 aromatic heterocycles. The number of hydrogen-bond donors (Lipinski definition) is 0. The van der Waals surface area contributed by atoms with Crippen molar-refractivity contribution in [2.24, 2.45) is 4.99 Å². The lowest BCUT2D eigenvalue weighted by atomic mass is 10.1. The second-order valence-corrected chi connectivity index (χ2v) is 4.18. The van der Waals surface area contributed by atoms with E-state index in [1.165, 1.54) is 24.8 Å². The summed E-state index contributed by atoms with van der Waals surface area (Å²) in [5, 5.41) is 0. The Hall–Kier alpha value is -1.31. The fourth-order valence-electron chi connectivity index (χ4n) is 1.89. The Morgan fingerprint density at radius 1 is 1.20 bits per heavy atom. The lowest BCUT2D eigenvalue weighted by Gasteiger charge is -2.23. The first kappa shape index (κ1) is 10.2. The molecule has 1 saturated heterocycles. The molecule has 1 aromatic carbocycles. The molecule has 2 heteroatoms. The first-order chi connectivity index (χ1) is 7.34. The van der Waals surface area contributed by atoms with Crippen LogP contribution >= 0.6 is 0 Å². The average Bonchev–Trinajstić information content (AvgIpc) is 2.28. The van der Waals surface area contributed by atoms with Crippen LogP contribution in [0.25, 0.3) is 0 Å². The molecular weight excluding hydrogens is 184 g/mol. The van der Waals surface area contributed by atoms with Gasteiger partial charge in [-0.25, -0.2) is 4.99 Å². The molecule has 0 saturated carbocycles. The molecule has 1 aliphatic heterocycles. The average molecular weight is 202 g/mol. The van der Waals surface area contributed by atoms with E-state index in [-0.39, 0.29) is 0 Å². The van der Waals surface area contributed by atoms with E-state index in [0.717, 1.165) is 18.8 Å². The van der Waals surface area contributed by atoms with Crippen molar-refractivity contribution in [1.29, 1.82) is 0 Å². The summed E-state index contributed by atoms with van der Waals surface area (Å²) in [5.74, 6) is 0. The van der Waals surface area contributed by atoms with Gasteiger partial charge in [-0.3, -0.25) is 0 Å². The number of hydrogen-bond acceptors (Lipinski definition) is 1. The zero-order valence-electron chi connectivity index (χ0n) is 9.32. The van der Waals surface area contributed by atoms with Gasteiger partial charge < -0.3 is 4.90 Å². The molecule has 15 heavy (non-hydrogen) atoms. The molecule has 0 amide bonds. The van der Waals surface area contributed by atoms with Gasteiger partial charge in [0.05, 0.1) is 12.0 Å². The smallest absolute Gasteiger partial charge is 0.0912 e. The van der Waals surface area contributed by atoms with Gasteiger partial charge in [0.25, 0.3) is 0 Å². The maximum atomic E-state index is 4.49. The molecule has 0 spiro atoms. The first-order valence-electron chi connectivity index (χ1n) is 5.69. The van der Waals surface area contributed by atoms with Gasteiger partial charge >= 0.3 is 0 Å². The molecule has 0 unspecified atom stereocenters. The van der Waals surface area contributed by atoms with Crippen LogP contribution in [0.2, 0.25) is 0 Å². The zero-order chi connectivity index (χ0) is 10.5. The van der Waals surface area contributed by atoms with E-state index in [1.807, 2.05) is 12.4 Å². The predicted octanol–water partition coefficient (Wildman–Crippen LogP) is 3.14. The Morgan fingerprint density at radius 3 is 2.73 bits per heavy atom. The summed E-state index contributed by atoms with van der Waals surface area (Å²) >= 11 is 0. The normalized spacial score (nSPS) is 17.3. The molecule has 0 N–H and O–H groups in total. The van der Waals surface area contributed by atoms with Crippen LogP contribution in [0.15, 0.2) is 29.3 Å². The summed E-state index contributed by atoms with van der Waals surface area (Å²) in [7, 11) is 0. The largest absolute Gasteiger partial charge is 0.363 e. The molecule has 1 aliphatic rings. The van der Waals surface area contributed by atoms with Crippen molar-refractivity contribution >= 4 is 12.0 Å². The quantitative estimate of drug-likeness (QED) is 0.531. The highest BCUT2D eigenvalue weighted by molar-refractivity contribution is 5.61. The van der Waals surface area contributed by atoms with Gasteiger partial charge in [-0.2, -0.15) is 0 Å². The maximum absolute atomic E-state index is 4.49. The Bertz CT molecular complexity index is 338. The van der Waals surface area contributed by atoms with Crippen LogP contribution in [0, 0.1) is 6.92 Å². The number of nitrogens with zero attached hydrogens (tertiary/aromatic N) is 2. The minimum atomic E-state index is 1.06. The van der Waals surface area contributed by atoms with Crippen molar-refractivity contribution in [1.82, 2.24) is 4.90 Å². The van der Waals surface area contributed by atoms with Crippen LogP contribution in [0.5, 0.6) is 0 Å². The van der Waals surface area contributed by atoms with Crippen LogP contribution in [-0.4, -0.2) is 24.3 Å². The van der Waals surface area contributed by atoms with Crippen molar-refractivity contribution in [3.63, 3.8) is 0 Å². The van der Waals surface area contributed by atoms with Crippen molar-refractivity contribution < 1.29 is 0 Å². The second kappa shape index (κ2) is 4.96. The molecule has 0 bridgehead atoms. The fraction of sp³-hybridized carbons (Fsp3) is 0.462. The first-order valence-corrected chi connectivity index (χ1v) is 5.69. The highest BCUT2D eigenvalue weighted by Gasteiger charge is 2.05. The van der Waals surface area contributed by atoms with Crippen LogP contribution < -0.4 is 0 Å². The minimum absolute atomic E-state index is 1.06. The number of aliphatic imine (C=N–C) groups is 1. The minimum Gasteiger partial charge on any atom is -0.363 e. The van der Waals surface area contributed by atoms with E-state index in [0.29, 0.717) is 0 Å². The number of likely N-dealkylation sites (tertiary alicyclic amines) is 1. The van der Waals surface area contributed by atoms with Gasteiger partial charge in [-0.1, -0.05) is 12.1 Å². The van der Waals surface area contributed by atoms with Crippen LogP contribution in [0.4, 0.5) is 5.69 Å². The van der Waals surface area contributed by atoms with Crippen LogP contribution in [0.1, 0.15) is 24.8 Å². The lowest BCUT2D eigenvalue weighted by molar-refractivity contribution is 0.351. The van der Waals surface area contributed by atoms with Gasteiger partial charge in [-0.15, -0.1) is 0 Å². The second-order valence-electron chi connectivity index (χ2n) is 4.18. The summed E-state index contributed by atoms with van der Waals surface area (Å²) < 4.78 is 0. The Balaban J connectivity index is 1.97. The highest BCUT2D eigenvalue weighted by atomic mass is 15.1. The Labute approximate surface area is 91.6 Å². The van der Waals surface area contributed by atoms with Crippen LogP contribution in [-0.2, 0) is 0 Å². The van der Waals surface area contributed by atoms with Gasteiger partial charge in [-0.05, 0) is 43.9 Å². The SMILES string of the molecule is Cc1cccc(N=CN2CCCCC2)c1. The van der Waals surface area contributed by atoms with E-state index in [2.05, 4.69) is 35.0 Å². The molecule has 0 aliphatic carbocycles. The molecule has 2 rings (SSSR count). The zero-order valence-corrected chi connectivity index (χ0v) is 9.32. The van der Waals surface area contributed by atoms with E-state index >= 15 is 0 Å². The summed E-state index contributed by atoms with van der Waals surface area (Å²) in [6, 6.07) is 8.31. The van der Waals surface area contributed by atoms with E-state index in [1.54, 1.807) is 0 Å². The lowest BCUT2D eigenvalue weighted by Crippen LogP contribution is -2.27. The summed E-state index contributed by atoms with van der Waals surface area (Å²) in [6.45, 7) is 4.42. The van der Waals surface area contributed by atoms with Gasteiger partial charge in [0, 0.05) is 13.1 Å². The number of aryl methyl sites for hydroxylation is 1. The van der Waals surface area contributed by atoms with Crippen molar-refractivity contribution in [2.75, 3.05) is 13.1 Å². The topological polar surface area (TPSA) is 15.6 Å². The summed E-state index contributed by atoms with van der Waals surface area (Å²) in [5.41, 5.74) is 2.32. The summed E-state index contributed by atoms with van der Waals surface area (Å²) in [6.07, 6.45) is 5.97. The fourth-order valence-corrected chi connectivity index (χ4v) is 1.89. The number of piperidine rings is 1. The molecule has 1 fully saturated rings. The number of rotatable bonds is 2. The monoisotopic (exact) mass is 202 g/mol. The molecule has 0 radical (unpaired) electrons. The molecule has 80 valence electrons. The molecule has 0 atom stereocenters. The van der Waals surface area contributed by atoms with Crippen molar-refractivity contribution in [3.8, 4) is 0 Å². The standard InChI is InChI=1S/C13H18N2/c1-12-6-5-7-13(10-12)14-11-15-8-3-2-4-9-15/h5-7,10-11H,2-4,8-9H2,1H3. The Kier molecular flexibility index (Phi) is 3.38. The van der Waals surface area contributed by atoms with E-state index < -0.39 is 0 Å². The van der Waals surface area contributed by atoms with Crippen LogP contribution in [0.3, 0.4) is 0 Å². The number of benzene rings is 1. The van der Waals surface area contributed by atoms with E-state index in [9.17, 15) is 0 Å². The molecular formula is C13H18N2. The Morgan fingerprint density at radius 2 is 2.00 bits per heavy atom. The third-order valence-electron chi connectivity index (χ3n) is 2.76. The summed E-state index contributed by atoms with van der Waals surface area (Å²) in [4.78, 5) is 6.80. The molecule has 1 aromatic rings. The van der Waals surface area contributed by atoms with Gasteiger partial charge in [0.1, 0.15) is 0 Å². The van der Waals surface area contributed by atoms with Crippen molar-refractivity contribution in [3.05, 3.63) is 29.8 Å². The van der Waals surface area contributed by atoms with Gasteiger partial charge in [0.15, 0.2) is 0 Å². The third kappa shape index (κ3) is 3.08. The highest BCUT2D eigenvalue weighted by Crippen LogP contribution is 2.13. The molecule has 2 nitrogen and oxygen atoms in total. The third-order valence-corrected chi connectivity index (χ3v) is 2.76. The maximum Gasteiger partial charge on any atom is 0.0912 e. The molecule has 1 heterocycles. The predicted molar refractivity (Wildman–Crippen MR) is 64.8 cm³/mol. The van der Waals surface area contributed by atoms with E-state index in [4.69, 9.17) is 0 Å². The van der Waals surface area contributed by atoms with Gasteiger partial charge in [0.2, 0.25) is 0 Å². The van der Waals surface area contributed by atoms with Crippen molar-refractivity contribution in [2.45, 2.75) is 26.2 Å².